The van der Waals surface area contributed by atoms with Gasteiger partial charge in [0.05, 0.1) is 25.4 Å². The number of ether oxygens (including phenoxy) is 1. The van der Waals surface area contributed by atoms with E-state index in [0.717, 1.165) is 64.2 Å². The van der Waals surface area contributed by atoms with Gasteiger partial charge < -0.3 is 20.3 Å². The van der Waals surface area contributed by atoms with Crippen molar-refractivity contribution in [1.29, 1.82) is 0 Å². The van der Waals surface area contributed by atoms with E-state index in [1.54, 1.807) is 0 Å². The van der Waals surface area contributed by atoms with E-state index in [9.17, 15) is 19.8 Å². The number of aliphatic hydroxyl groups excluding tert-OH is 2. The second-order valence-corrected chi connectivity index (χ2v) is 20.3. The van der Waals surface area contributed by atoms with Crippen molar-refractivity contribution in [1.82, 2.24) is 5.32 Å². The summed E-state index contributed by atoms with van der Waals surface area (Å²) in [7, 11) is 0. The van der Waals surface area contributed by atoms with Crippen LogP contribution in [-0.4, -0.2) is 47.4 Å². The van der Waals surface area contributed by atoms with Gasteiger partial charge in [-0.25, -0.2) is 0 Å². The van der Waals surface area contributed by atoms with Crippen LogP contribution in [0.1, 0.15) is 322 Å². The first-order valence-electron chi connectivity index (χ1n) is 29.6. The minimum Gasteiger partial charge on any atom is -0.466 e. The SMILES string of the molecule is CCCCCC/C=C\C/C=C\CCCCCCCCCC(=O)OCCCCCCCCCCCC(=O)NC(CO)C(O)CCCCCCCCCCCCCCCCCCCCCCCC. The van der Waals surface area contributed by atoms with Gasteiger partial charge in [-0.15, -0.1) is 0 Å². The van der Waals surface area contributed by atoms with E-state index in [1.165, 1.54) is 225 Å². The largest absolute Gasteiger partial charge is 0.466 e. The molecule has 0 saturated carbocycles. The molecule has 0 saturated heterocycles. The lowest BCUT2D eigenvalue weighted by atomic mass is 10.0. The summed E-state index contributed by atoms with van der Waals surface area (Å²) in [6, 6.07) is -0.563. The molecule has 1 amide bonds. The first-order valence-corrected chi connectivity index (χ1v) is 29.6. The summed E-state index contributed by atoms with van der Waals surface area (Å²) >= 11 is 0. The lowest BCUT2D eigenvalue weighted by molar-refractivity contribution is -0.143. The molecule has 0 bridgehead atoms. The van der Waals surface area contributed by atoms with E-state index >= 15 is 0 Å². The summed E-state index contributed by atoms with van der Waals surface area (Å²) in [5.74, 6) is -0.0913. The zero-order valence-corrected chi connectivity index (χ0v) is 44.4. The number of allylic oxidation sites excluding steroid dienone is 4. The molecule has 0 aliphatic carbocycles. The molecule has 0 aromatic heterocycles. The van der Waals surface area contributed by atoms with Gasteiger partial charge >= 0.3 is 5.97 Å². The third kappa shape index (κ3) is 51.7. The third-order valence-corrected chi connectivity index (χ3v) is 13.8. The van der Waals surface area contributed by atoms with Crippen LogP contribution >= 0.6 is 0 Å². The third-order valence-electron chi connectivity index (χ3n) is 13.8. The van der Waals surface area contributed by atoms with Gasteiger partial charge in [0.2, 0.25) is 5.91 Å². The Balaban J connectivity index is 3.47. The molecule has 0 heterocycles. The maximum absolute atomic E-state index is 12.5. The first kappa shape index (κ1) is 64.3. The Hall–Kier alpha value is -1.66. The number of amides is 1. The van der Waals surface area contributed by atoms with Crippen LogP contribution in [0.15, 0.2) is 24.3 Å². The van der Waals surface area contributed by atoms with Gasteiger partial charge in [0.1, 0.15) is 0 Å². The fourth-order valence-corrected chi connectivity index (χ4v) is 9.20. The molecule has 0 spiro atoms. The molecular formula is C60H115NO5. The van der Waals surface area contributed by atoms with Gasteiger partial charge in [0, 0.05) is 12.8 Å². The van der Waals surface area contributed by atoms with Crippen molar-refractivity contribution in [2.75, 3.05) is 13.2 Å². The summed E-state index contributed by atoms with van der Waals surface area (Å²) in [6.07, 6.45) is 67.4. The van der Waals surface area contributed by atoms with Gasteiger partial charge in [-0.05, 0) is 57.8 Å². The lowest BCUT2D eigenvalue weighted by Crippen LogP contribution is -2.45. The molecule has 2 atom stereocenters. The molecule has 390 valence electrons. The standard InChI is InChI=1S/C60H115NO5/c1-3-5-7-9-11-13-15-17-19-21-23-24-25-26-27-29-31-33-36-40-44-48-52-58(63)57(56-62)61-59(64)53-49-45-41-37-35-39-43-47-51-55-66-60(65)54-50-46-42-38-34-32-30-28-22-20-18-16-14-12-10-8-6-4-2/h14,16,20,22,57-58,62-63H,3-13,15,17-19,21,23-56H2,1-2H3,(H,61,64)/b16-14-,22-20-. The molecule has 0 fully saturated rings. The second kappa shape index (κ2) is 55.9. The monoisotopic (exact) mass is 930 g/mol. The summed E-state index contributed by atoms with van der Waals surface area (Å²) in [5.41, 5.74) is 0. The topological polar surface area (TPSA) is 95.9 Å². The Morgan fingerprint density at radius 2 is 0.758 bits per heavy atom. The molecule has 0 aliphatic rings. The maximum atomic E-state index is 12.5. The average Bonchev–Trinajstić information content (AvgIpc) is 3.32. The highest BCUT2D eigenvalue weighted by Gasteiger charge is 2.20. The number of hydrogen-bond donors (Lipinski definition) is 3. The van der Waals surface area contributed by atoms with E-state index in [2.05, 4.69) is 43.5 Å². The molecule has 0 rings (SSSR count). The average molecular weight is 931 g/mol. The number of nitrogens with one attached hydrogen (secondary N) is 1. The summed E-state index contributed by atoms with van der Waals surface area (Å²) < 4.78 is 5.47. The molecule has 0 aromatic carbocycles. The van der Waals surface area contributed by atoms with Gasteiger partial charge in [0.25, 0.3) is 0 Å². The highest BCUT2D eigenvalue weighted by atomic mass is 16.5. The van der Waals surface area contributed by atoms with E-state index in [0.29, 0.717) is 25.9 Å². The van der Waals surface area contributed by atoms with Crippen LogP contribution in [-0.2, 0) is 14.3 Å². The van der Waals surface area contributed by atoms with Crippen molar-refractivity contribution in [3.63, 3.8) is 0 Å². The molecular weight excluding hydrogens is 815 g/mol. The van der Waals surface area contributed by atoms with Crippen LogP contribution in [0.4, 0.5) is 0 Å². The van der Waals surface area contributed by atoms with E-state index < -0.39 is 12.1 Å². The van der Waals surface area contributed by atoms with Gasteiger partial charge in [-0.3, -0.25) is 9.59 Å². The fraction of sp³-hybridized carbons (Fsp3) is 0.900. The zero-order chi connectivity index (χ0) is 47.9. The zero-order valence-electron chi connectivity index (χ0n) is 44.4. The maximum Gasteiger partial charge on any atom is 0.305 e. The van der Waals surface area contributed by atoms with Crippen molar-refractivity contribution >= 4 is 11.9 Å². The Labute approximate surface area is 411 Å². The molecule has 66 heavy (non-hydrogen) atoms. The number of esters is 1. The lowest BCUT2D eigenvalue weighted by Gasteiger charge is -2.22. The Morgan fingerprint density at radius 3 is 1.17 bits per heavy atom. The number of aliphatic hydroxyl groups is 2. The molecule has 6 heteroatoms. The van der Waals surface area contributed by atoms with Crippen LogP contribution in [0.2, 0.25) is 0 Å². The van der Waals surface area contributed by atoms with Crippen LogP contribution in [0.3, 0.4) is 0 Å². The van der Waals surface area contributed by atoms with E-state index in [4.69, 9.17) is 4.74 Å². The van der Waals surface area contributed by atoms with Gasteiger partial charge in [-0.2, -0.15) is 0 Å². The number of hydrogen-bond acceptors (Lipinski definition) is 5. The minimum absolute atomic E-state index is 0.0312. The fourth-order valence-electron chi connectivity index (χ4n) is 9.20. The van der Waals surface area contributed by atoms with Crippen LogP contribution < -0.4 is 5.32 Å². The Morgan fingerprint density at radius 1 is 0.424 bits per heavy atom. The Bertz CT molecular complexity index is 1030. The molecule has 3 N–H and O–H groups in total. The van der Waals surface area contributed by atoms with Crippen molar-refractivity contribution in [2.45, 2.75) is 334 Å². The molecule has 0 radical (unpaired) electrons. The van der Waals surface area contributed by atoms with Crippen LogP contribution in [0.25, 0.3) is 0 Å². The van der Waals surface area contributed by atoms with Gasteiger partial charge in [-0.1, -0.05) is 276 Å². The van der Waals surface area contributed by atoms with Crippen molar-refractivity contribution < 1.29 is 24.5 Å². The predicted molar refractivity (Wildman–Crippen MR) is 287 cm³/mol. The highest BCUT2D eigenvalue weighted by Crippen LogP contribution is 2.17. The summed E-state index contributed by atoms with van der Waals surface area (Å²) in [6.45, 7) is 4.89. The molecule has 6 nitrogen and oxygen atoms in total. The summed E-state index contributed by atoms with van der Waals surface area (Å²) in [4.78, 5) is 24.6. The quantitative estimate of drug-likeness (QED) is 0.0321. The van der Waals surface area contributed by atoms with Crippen LogP contribution in [0.5, 0.6) is 0 Å². The van der Waals surface area contributed by atoms with E-state index in [1.807, 2.05) is 0 Å². The molecule has 2 unspecified atom stereocenters. The van der Waals surface area contributed by atoms with Crippen molar-refractivity contribution in [3.8, 4) is 0 Å². The second-order valence-electron chi connectivity index (χ2n) is 20.3. The first-order chi connectivity index (χ1) is 32.5. The van der Waals surface area contributed by atoms with Gasteiger partial charge in [0.15, 0.2) is 0 Å². The van der Waals surface area contributed by atoms with Crippen molar-refractivity contribution in [2.24, 2.45) is 0 Å². The number of rotatable bonds is 55. The molecule has 0 aliphatic heterocycles. The smallest absolute Gasteiger partial charge is 0.305 e. The van der Waals surface area contributed by atoms with Crippen molar-refractivity contribution in [3.05, 3.63) is 24.3 Å². The highest BCUT2D eigenvalue weighted by molar-refractivity contribution is 5.76. The number of carbonyl (C=O) groups excluding carboxylic acids is 2. The Kier molecular flexibility index (Phi) is 54.5. The summed E-state index contributed by atoms with van der Waals surface area (Å²) in [5, 5.41) is 23.3. The molecule has 0 aromatic rings. The minimum atomic E-state index is -0.683. The van der Waals surface area contributed by atoms with E-state index in [-0.39, 0.29) is 18.5 Å². The predicted octanol–water partition coefficient (Wildman–Crippen LogP) is 18.2. The number of unbranched alkanes of at least 4 members (excludes halogenated alkanes) is 40. The number of carbonyl (C=O) groups is 2. The van der Waals surface area contributed by atoms with Crippen LogP contribution in [0, 0.1) is 0 Å². The normalized spacial score (nSPS) is 12.7.